The fourth-order valence-corrected chi connectivity index (χ4v) is 4.63. The molecule has 0 heterocycles. The van der Waals surface area contributed by atoms with Gasteiger partial charge in [-0.3, -0.25) is 62.3 Å². The van der Waals surface area contributed by atoms with Gasteiger partial charge in [0.05, 0.1) is 78.8 Å². The largest absolute Gasteiger partial charge is 0.394 e. The topological polar surface area (TPSA) is 479 Å². The zero-order valence-electron chi connectivity index (χ0n) is 36.7. The van der Waals surface area contributed by atoms with Crippen molar-refractivity contribution in [3.05, 3.63) is 0 Å². The fraction of sp³-hybridized carbons (Fsp3) is 0.639. The molecule has 0 aliphatic rings. The van der Waals surface area contributed by atoms with Crippen molar-refractivity contribution in [1.29, 1.82) is 0 Å². The molecule has 0 aromatic rings. The average molecular weight is 964 g/mol. The van der Waals surface area contributed by atoms with E-state index in [0.29, 0.717) is 6.54 Å². The SMILES string of the molecule is CCCCNC(=O)CNC(=O)CNC(=O)[C@H](CO)NC(=O)CNC(=O)[C@H](CO)NC(=O)CNC(=O)CNC(=O)[C@H](CO)NC(=O)CNC(=O)CNC(=O)[C@H](CO)NC(=O)C(CO)NC(=O)CC. The zero-order chi connectivity index (χ0) is 50.9. The number of hydrogen-bond donors (Lipinski definition) is 18. The molecule has 0 aromatic heterocycles. The van der Waals surface area contributed by atoms with Crippen molar-refractivity contribution in [3.63, 3.8) is 0 Å². The molecule has 18 N–H and O–H groups in total. The van der Waals surface area contributed by atoms with Gasteiger partial charge in [0.25, 0.3) is 0 Å². The van der Waals surface area contributed by atoms with Crippen molar-refractivity contribution < 1.29 is 87.9 Å². The molecule has 0 rings (SSSR count). The minimum Gasteiger partial charge on any atom is -0.394 e. The number of hydrogen-bond acceptors (Lipinski definition) is 18. The van der Waals surface area contributed by atoms with E-state index in [2.05, 4.69) is 69.1 Å². The van der Waals surface area contributed by atoms with E-state index >= 15 is 0 Å². The molecule has 0 aromatic carbocycles. The maximum absolute atomic E-state index is 12.5. The highest BCUT2D eigenvalue weighted by atomic mass is 16.3. The van der Waals surface area contributed by atoms with Gasteiger partial charge in [-0.2, -0.15) is 0 Å². The molecule has 0 saturated carbocycles. The van der Waals surface area contributed by atoms with Gasteiger partial charge in [-0.05, 0) is 6.42 Å². The Balaban J connectivity index is 4.68. The van der Waals surface area contributed by atoms with Gasteiger partial charge in [-0.1, -0.05) is 20.3 Å². The highest BCUT2D eigenvalue weighted by Crippen LogP contribution is 1.92. The maximum atomic E-state index is 12.5. The second-order valence-electron chi connectivity index (χ2n) is 13.7. The number of amides is 13. The van der Waals surface area contributed by atoms with Crippen molar-refractivity contribution in [2.45, 2.75) is 63.3 Å². The van der Waals surface area contributed by atoms with Crippen molar-refractivity contribution in [2.75, 3.05) is 85.4 Å². The molecule has 0 saturated heterocycles. The number of aliphatic hydroxyl groups is 5. The van der Waals surface area contributed by atoms with Crippen molar-refractivity contribution in [2.24, 2.45) is 0 Å². The second-order valence-corrected chi connectivity index (χ2v) is 13.7. The van der Waals surface area contributed by atoms with Crippen LogP contribution in [0.4, 0.5) is 0 Å². The Hall–Kier alpha value is -7.09. The standard InChI is InChI=1S/C36H61N13O18/c1-3-5-6-37-25(56)7-38-26(57)8-41-33(64)20(15-51)48-31(62)13-44-34(65)21(16-52)47-30(61)12-39-27(58)9-42-32(63)19(14-50)46-29(60)11-40-28(59)10-43-35(66)22(17-53)49-36(67)23(18-54)45-24(55)4-2/h19-23,50-54H,3-18H2,1-2H3,(H,37,56)(H,38,57)(H,39,58)(H,40,59)(H,41,64)(H,42,63)(H,43,66)(H,44,65)(H,45,55)(H,46,60)(H,47,61)(H,48,62)(H,49,67)/t19-,20-,21-,22-,23?/m0/s1. The van der Waals surface area contributed by atoms with E-state index in [1.54, 1.807) is 0 Å². The number of unbranched alkanes of at least 4 members (excludes halogenated alkanes) is 1. The Bertz CT molecular complexity index is 1740. The Morgan fingerprint density at radius 2 is 0.567 bits per heavy atom. The van der Waals surface area contributed by atoms with Gasteiger partial charge in [0, 0.05) is 13.0 Å². The lowest BCUT2D eigenvalue weighted by molar-refractivity contribution is -0.134. The van der Waals surface area contributed by atoms with Gasteiger partial charge < -0.3 is 94.7 Å². The first-order valence-corrected chi connectivity index (χ1v) is 20.5. The predicted octanol–water partition coefficient (Wildman–Crippen LogP) is -12.5. The van der Waals surface area contributed by atoms with Crippen LogP contribution in [0.25, 0.3) is 0 Å². The van der Waals surface area contributed by atoms with Crippen LogP contribution >= 0.6 is 0 Å². The van der Waals surface area contributed by atoms with Crippen LogP contribution in [0.5, 0.6) is 0 Å². The first-order valence-electron chi connectivity index (χ1n) is 20.5. The van der Waals surface area contributed by atoms with Crippen LogP contribution in [-0.2, 0) is 62.3 Å². The van der Waals surface area contributed by atoms with Crippen LogP contribution in [0, 0.1) is 0 Å². The summed E-state index contributed by atoms with van der Waals surface area (Å²) < 4.78 is 0. The van der Waals surface area contributed by atoms with E-state index in [1.807, 2.05) is 6.92 Å². The van der Waals surface area contributed by atoms with E-state index in [1.165, 1.54) is 6.92 Å². The Morgan fingerprint density at radius 3 is 0.881 bits per heavy atom. The summed E-state index contributed by atoms with van der Waals surface area (Å²) >= 11 is 0. The van der Waals surface area contributed by atoms with Crippen molar-refractivity contribution >= 4 is 76.8 Å². The highest BCUT2D eigenvalue weighted by molar-refractivity contribution is 5.97. The summed E-state index contributed by atoms with van der Waals surface area (Å²) in [6.07, 6.45) is 1.60. The third-order valence-electron chi connectivity index (χ3n) is 8.36. The van der Waals surface area contributed by atoms with Crippen LogP contribution < -0.4 is 69.1 Å². The summed E-state index contributed by atoms with van der Waals surface area (Å²) in [6.45, 7) is -5.66. The molecule has 378 valence electrons. The van der Waals surface area contributed by atoms with Crippen LogP contribution in [0.15, 0.2) is 0 Å². The van der Waals surface area contributed by atoms with Gasteiger partial charge in [0.2, 0.25) is 76.8 Å². The first-order chi connectivity index (χ1) is 31.8. The number of carbonyl (C=O) groups is 13. The highest BCUT2D eigenvalue weighted by Gasteiger charge is 2.27. The lowest BCUT2D eigenvalue weighted by atomic mass is 10.2. The summed E-state index contributed by atoms with van der Waals surface area (Å²) in [6, 6.07) is -7.87. The van der Waals surface area contributed by atoms with Crippen LogP contribution in [0.1, 0.15) is 33.1 Å². The van der Waals surface area contributed by atoms with Crippen molar-refractivity contribution in [3.8, 4) is 0 Å². The summed E-state index contributed by atoms with van der Waals surface area (Å²) in [5.74, 6) is -11.9. The predicted molar refractivity (Wildman–Crippen MR) is 224 cm³/mol. The minimum atomic E-state index is -1.65. The lowest BCUT2D eigenvalue weighted by Crippen LogP contribution is -2.56. The molecule has 0 radical (unpaired) electrons. The Morgan fingerprint density at radius 1 is 0.313 bits per heavy atom. The molecular weight excluding hydrogens is 902 g/mol. The summed E-state index contributed by atoms with van der Waals surface area (Å²) in [5.41, 5.74) is 0. The van der Waals surface area contributed by atoms with E-state index in [9.17, 15) is 87.9 Å². The molecule has 0 bridgehead atoms. The summed E-state index contributed by atoms with van der Waals surface area (Å²) in [5, 5.41) is 75.4. The smallest absolute Gasteiger partial charge is 0.245 e. The molecule has 67 heavy (non-hydrogen) atoms. The molecule has 31 nitrogen and oxygen atoms in total. The Labute approximate surface area is 382 Å². The van der Waals surface area contributed by atoms with Gasteiger partial charge in [-0.25, -0.2) is 0 Å². The van der Waals surface area contributed by atoms with Crippen molar-refractivity contribution in [1.82, 2.24) is 69.1 Å². The van der Waals surface area contributed by atoms with Gasteiger partial charge in [0.15, 0.2) is 0 Å². The third kappa shape index (κ3) is 26.5. The molecular formula is C36H61N13O18. The second kappa shape index (κ2) is 34.3. The average Bonchev–Trinajstić information content (AvgIpc) is 3.31. The molecule has 5 atom stereocenters. The molecule has 31 heteroatoms. The normalized spacial score (nSPS) is 12.6. The zero-order valence-corrected chi connectivity index (χ0v) is 36.7. The number of aliphatic hydroxyl groups excluding tert-OH is 5. The molecule has 0 aliphatic carbocycles. The fourth-order valence-electron chi connectivity index (χ4n) is 4.63. The minimum absolute atomic E-state index is 0.00498. The quantitative estimate of drug-likeness (QED) is 0.0272. The van der Waals surface area contributed by atoms with Gasteiger partial charge in [-0.15, -0.1) is 0 Å². The van der Waals surface area contributed by atoms with Crippen LogP contribution in [0.3, 0.4) is 0 Å². The molecule has 0 aliphatic heterocycles. The summed E-state index contributed by atoms with van der Waals surface area (Å²) in [7, 11) is 0. The van der Waals surface area contributed by atoms with Crippen LogP contribution in [0.2, 0.25) is 0 Å². The summed E-state index contributed by atoms with van der Waals surface area (Å²) in [4.78, 5) is 158. The maximum Gasteiger partial charge on any atom is 0.245 e. The van der Waals surface area contributed by atoms with Gasteiger partial charge in [0.1, 0.15) is 30.2 Å². The molecule has 0 spiro atoms. The first kappa shape index (κ1) is 59.9. The van der Waals surface area contributed by atoms with E-state index < -0.39 is 179 Å². The van der Waals surface area contributed by atoms with Crippen LogP contribution in [-0.4, -0.2) is 218 Å². The number of rotatable bonds is 33. The lowest BCUT2D eigenvalue weighted by Gasteiger charge is -2.20. The molecule has 13 amide bonds. The van der Waals surface area contributed by atoms with Gasteiger partial charge >= 0.3 is 0 Å². The number of carbonyl (C=O) groups excluding carboxylic acids is 13. The Kier molecular flexibility index (Phi) is 30.7. The molecule has 0 fully saturated rings. The van der Waals surface area contributed by atoms with E-state index in [-0.39, 0.29) is 13.0 Å². The molecule has 1 unspecified atom stereocenters. The van der Waals surface area contributed by atoms with E-state index in [0.717, 1.165) is 12.8 Å². The third-order valence-corrected chi connectivity index (χ3v) is 8.36. The number of nitrogens with one attached hydrogen (secondary N) is 13. The van der Waals surface area contributed by atoms with E-state index in [4.69, 9.17) is 0 Å². The monoisotopic (exact) mass is 963 g/mol.